The van der Waals surface area contributed by atoms with Gasteiger partial charge in [-0.3, -0.25) is 9.59 Å². The Morgan fingerprint density at radius 1 is 1.31 bits per heavy atom. The van der Waals surface area contributed by atoms with Crippen LogP contribution in [0.25, 0.3) is 0 Å². The molecule has 5 nitrogen and oxygen atoms in total. The van der Waals surface area contributed by atoms with Crippen molar-refractivity contribution in [1.82, 2.24) is 10.6 Å². The second kappa shape index (κ2) is 8.70. The lowest BCUT2D eigenvalue weighted by Gasteiger charge is -2.23. The first kappa shape index (κ1) is 18.2. The minimum absolute atomic E-state index is 0.130. The van der Waals surface area contributed by atoms with Crippen LogP contribution in [-0.4, -0.2) is 17.6 Å². The molecule has 0 radical (unpaired) electrons. The third-order valence-corrected chi connectivity index (χ3v) is 5.93. The fourth-order valence-electron chi connectivity index (χ4n) is 2.65. The first-order chi connectivity index (χ1) is 12.7. The van der Waals surface area contributed by atoms with E-state index in [1.165, 1.54) is 23.1 Å². The van der Waals surface area contributed by atoms with Crippen LogP contribution in [0.5, 0.6) is 0 Å². The van der Waals surface area contributed by atoms with Crippen LogP contribution < -0.4 is 10.6 Å². The summed E-state index contributed by atoms with van der Waals surface area (Å²) in [4.78, 5) is 25.1. The normalized spacial score (nSPS) is 16.7. The van der Waals surface area contributed by atoms with Gasteiger partial charge < -0.3 is 10.6 Å². The highest BCUT2D eigenvalue weighted by Gasteiger charge is 2.30. The zero-order chi connectivity index (χ0) is 18.4. The van der Waals surface area contributed by atoms with Crippen molar-refractivity contribution < 1.29 is 9.59 Å². The van der Waals surface area contributed by atoms with E-state index in [1.54, 1.807) is 0 Å². The standard InChI is InChI=1S/C19H17N3O2S2/c20-10-15-14(16-7-4-8-25-16)9-17(23)22-19(15)26-12-18(24)21-11-13-5-2-1-3-6-13/h1-8,14H,9,11-12H2,(H,21,24)(H,22,23)/t14-/m0/s1. The van der Waals surface area contributed by atoms with E-state index in [2.05, 4.69) is 16.7 Å². The van der Waals surface area contributed by atoms with Crippen molar-refractivity contribution in [3.63, 3.8) is 0 Å². The van der Waals surface area contributed by atoms with Gasteiger partial charge >= 0.3 is 0 Å². The molecule has 0 saturated carbocycles. The number of allylic oxidation sites excluding steroid dienone is 1. The summed E-state index contributed by atoms with van der Waals surface area (Å²) in [5.74, 6) is -0.362. The van der Waals surface area contributed by atoms with Gasteiger partial charge in [-0.05, 0) is 17.0 Å². The fraction of sp³-hybridized carbons (Fsp3) is 0.211. The summed E-state index contributed by atoms with van der Waals surface area (Å²) in [6.07, 6.45) is 0.258. The predicted octanol–water partition coefficient (Wildman–Crippen LogP) is 3.14. The summed E-state index contributed by atoms with van der Waals surface area (Å²) in [7, 11) is 0. The SMILES string of the molecule is N#CC1=C(SCC(=O)NCc2ccccc2)NC(=O)C[C@@H]1c1cccs1. The van der Waals surface area contributed by atoms with E-state index >= 15 is 0 Å². The Hall–Kier alpha value is -2.56. The molecule has 0 unspecified atom stereocenters. The summed E-state index contributed by atoms with van der Waals surface area (Å²) >= 11 is 2.72. The zero-order valence-corrected chi connectivity index (χ0v) is 15.5. The van der Waals surface area contributed by atoms with Crippen LogP contribution in [0.15, 0.2) is 58.4 Å². The number of carbonyl (C=O) groups excluding carboxylic acids is 2. The van der Waals surface area contributed by atoms with Crippen molar-refractivity contribution in [2.45, 2.75) is 18.9 Å². The minimum atomic E-state index is -0.233. The Morgan fingerprint density at radius 2 is 2.12 bits per heavy atom. The predicted molar refractivity (Wildman–Crippen MR) is 103 cm³/mol. The maximum absolute atomic E-state index is 12.1. The second-order valence-corrected chi connectivity index (χ2v) is 7.69. The maximum Gasteiger partial charge on any atom is 0.230 e. The number of nitrogens with one attached hydrogen (secondary N) is 2. The molecule has 1 aromatic heterocycles. The number of amides is 2. The monoisotopic (exact) mass is 383 g/mol. The van der Waals surface area contributed by atoms with Gasteiger partial charge in [0.2, 0.25) is 11.8 Å². The molecule has 1 aromatic carbocycles. The molecule has 2 N–H and O–H groups in total. The molecule has 0 fully saturated rings. The van der Waals surface area contributed by atoms with Gasteiger partial charge in [-0.25, -0.2) is 0 Å². The molecular weight excluding hydrogens is 366 g/mol. The Balaban J connectivity index is 1.64. The van der Waals surface area contributed by atoms with Gasteiger partial charge in [0, 0.05) is 23.8 Å². The molecule has 1 aliphatic rings. The number of rotatable bonds is 6. The van der Waals surface area contributed by atoms with E-state index < -0.39 is 0 Å². The number of thiophene rings is 1. The lowest BCUT2D eigenvalue weighted by Crippen LogP contribution is -2.32. The number of benzene rings is 1. The molecule has 0 saturated heterocycles. The molecule has 7 heteroatoms. The molecule has 0 bridgehead atoms. The Bertz CT molecular complexity index is 855. The van der Waals surface area contributed by atoms with Crippen LogP contribution in [0.2, 0.25) is 0 Å². The number of thioether (sulfide) groups is 1. The highest BCUT2D eigenvalue weighted by Crippen LogP contribution is 2.37. The zero-order valence-electron chi connectivity index (χ0n) is 13.9. The summed E-state index contributed by atoms with van der Waals surface area (Å²) in [5, 5.41) is 17.6. The molecule has 0 aliphatic carbocycles. The third kappa shape index (κ3) is 4.54. The van der Waals surface area contributed by atoms with Crippen molar-refractivity contribution in [2.24, 2.45) is 0 Å². The Kier molecular flexibility index (Phi) is 6.10. The summed E-state index contributed by atoms with van der Waals surface area (Å²) in [5.41, 5.74) is 1.54. The van der Waals surface area contributed by atoms with E-state index in [-0.39, 0.29) is 29.9 Å². The first-order valence-corrected chi connectivity index (χ1v) is 9.95. The molecule has 1 atom stereocenters. The minimum Gasteiger partial charge on any atom is -0.351 e. The van der Waals surface area contributed by atoms with Crippen LogP contribution in [0.3, 0.4) is 0 Å². The van der Waals surface area contributed by atoms with Gasteiger partial charge in [0.15, 0.2) is 0 Å². The van der Waals surface area contributed by atoms with Gasteiger partial charge in [-0.1, -0.05) is 48.2 Å². The highest BCUT2D eigenvalue weighted by atomic mass is 32.2. The summed E-state index contributed by atoms with van der Waals surface area (Å²) in [6, 6.07) is 15.7. The lowest BCUT2D eigenvalue weighted by atomic mass is 9.93. The number of carbonyl (C=O) groups is 2. The van der Waals surface area contributed by atoms with E-state index in [0.29, 0.717) is 17.1 Å². The molecule has 2 aromatic rings. The lowest BCUT2D eigenvalue weighted by molar-refractivity contribution is -0.121. The average molecular weight is 383 g/mol. The largest absolute Gasteiger partial charge is 0.351 e. The number of hydrogen-bond acceptors (Lipinski definition) is 5. The van der Waals surface area contributed by atoms with Gasteiger partial charge in [0.05, 0.1) is 22.4 Å². The number of hydrogen-bond donors (Lipinski definition) is 2. The van der Waals surface area contributed by atoms with Crippen LogP contribution in [0.4, 0.5) is 0 Å². The Morgan fingerprint density at radius 3 is 2.81 bits per heavy atom. The molecular formula is C19H17N3O2S2. The molecule has 2 heterocycles. The fourth-order valence-corrected chi connectivity index (χ4v) is 4.39. The quantitative estimate of drug-likeness (QED) is 0.803. The average Bonchev–Trinajstić information content (AvgIpc) is 3.19. The molecule has 0 spiro atoms. The van der Waals surface area contributed by atoms with Gasteiger partial charge in [0.1, 0.15) is 0 Å². The molecule has 132 valence electrons. The summed E-state index contributed by atoms with van der Waals surface area (Å²) in [6.45, 7) is 0.453. The van der Waals surface area contributed by atoms with Crippen molar-refractivity contribution >= 4 is 34.9 Å². The van der Waals surface area contributed by atoms with Gasteiger partial charge in [-0.15, -0.1) is 11.3 Å². The van der Waals surface area contributed by atoms with Gasteiger partial charge in [0.25, 0.3) is 0 Å². The Labute approximate surface area is 160 Å². The highest BCUT2D eigenvalue weighted by molar-refractivity contribution is 8.03. The van der Waals surface area contributed by atoms with E-state index in [4.69, 9.17) is 0 Å². The molecule has 1 aliphatic heterocycles. The topological polar surface area (TPSA) is 82.0 Å². The number of nitriles is 1. The van der Waals surface area contributed by atoms with E-state index in [9.17, 15) is 14.9 Å². The van der Waals surface area contributed by atoms with E-state index in [0.717, 1.165) is 10.4 Å². The van der Waals surface area contributed by atoms with Crippen molar-refractivity contribution in [3.05, 3.63) is 68.9 Å². The van der Waals surface area contributed by atoms with Crippen LogP contribution in [0.1, 0.15) is 22.8 Å². The third-order valence-electron chi connectivity index (χ3n) is 3.92. The molecule has 2 amide bonds. The molecule has 26 heavy (non-hydrogen) atoms. The van der Waals surface area contributed by atoms with Crippen LogP contribution >= 0.6 is 23.1 Å². The van der Waals surface area contributed by atoms with Crippen LogP contribution in [0, 0.1) is 11.3 Å². The van der Waals surface area contributed by atoms with Crippen LogP contribution in [-0.2, 0) is 16.1 Å². The second-order valence-electron chi connectivity index (χ2n) is 5.73. The smallest absolute Gasteiger partial charge is 0.230 e. The molecule has 3 rings (SSSR count). The van der Waals surface area contributed by atoms with Crippen molar-refractivity contribution in [2.75, 3.05) is 5.75 Å². The first-order valence-electron chi connectivity index (χ1n) is 8.08. The summed E-state index contributed by atoms with van der Waals surface area (Å²) < 4.78 is 0. The van der Waals surface area contributed by atoms with Crippen molar-refractivity contribution in [1.29, 1.82) is 5.26 Å². The van der Waals surface area contributed by atoms with Crippen molar-refractivity contribution in [3.8, 4) is 6.07 Å². The number of nitrogens with zero attached hydrogens (tertiary/aromatic N) is 1. The van der Waals surface area contributed by atoms with Gasteiger partial charge in [-0.2, -0.15) is 5.26 Å². The maximum atomic E-state index is 12.1. The van der Waals surface area contributed by atoms with E-state index in [1.807, 2.05) is 47.8 Å².